The highest BCUT2D eigenvalue weighted by atomic mass is 19.2. The van der Waals surface area contributed by atoms with Gasteiger partial charge in [-0.15, -0.1) is 0 Å². The van der Waals surface area contributed by atoms with Crippen molar-refractivity contribution < 1.29 is 18.4 Å². The van der Waals surface area contributed by atoms with Gasteiger partial charge in [-0.2, -0.15) is 0 Å². The van der Waals surface area contributed by atoms with E-state index >= 15 is 0 Å². The molecule has 1 aromatic carbocycles. The number of aromatic nitrogens is 2. The normalized spacial score (nSPS) is 15.0. The predicted molar refractivity (Wildman–Crippen MR) is 84.8 cm³/mol. The van der Waals surface area contributed by atoms with Crippen molar-refractivity contribution in [2.45, 2.75) is 6.42 Å². The van der Waals surface area contributed by atoms with Crippen molar-refractivity contribution in [2.24, 2.45) is 0 Å². The van der Waals surface area contributed by atoms with Gasteiger partial charge in [0.15, 0.2) is 11.6 Å². The summed E-state index contributed by atoms with van der Waals surface area (Å²) in [6.45, 7) is 1.56. The standard InChI is InChI=1S/C17H16F2N4O2/c18-13-3-2-12(10-14(13)19)16(24)22-6-1-7-23(9-8-22)17(25)15-11-20-4-5-21-15/h2-5,10-11H,1,6-9H2. The number of nitrogens with zero attached hydrogens (tertiary/aromatic N) is 4. The summed E-state index contributed by atoms with van der Waals surface area (Å²) in [6, 6.07) is 3.09. The minimum Gasteiger partial charge on any atom is -0.337 e. The number of carbonyl (C=O) groups excluding carboxylic acids is 2. The van der Waals surface area contributed by atoms with Crippen LogP contribution in [0.1, 0.15) is 27.3 Å². The van der Waals surface area contributed by atoms with Crippen LogP contribution in [0.25, 0.3) is 0 Å². The lowest BCUT2D eigenvalue weighted by Gasteiger charge is -2.22. The molecule has 1 aliphatic heterocycles. The van der Waals surface area contributed by atoms with Crippen molar-refractivity contribution in [3.63, 3.8) is 0 Å². The van der Waals surface area contributed by atoms with Crippen LogP contribution in [0.2, 0.25) is 0 Å². The van der Waals surface area contributed by atoms with Crippen LogP contribution < -0.4 is 0 Å². The quantitative estimate of drug-likeness (QED) is 0.831. The third-order valence-electron chi connectivity index (χ3n) is 4.02. The zero-order chi connectivity index (χ0) is 17.8. The lowest BCUT2D eigenvalue weighted by atomic mass is 10.2. The van der Waals surface area contributed by atoms with Gasteiger partial charge in [-0.25, -0.2) is 13.8 Å². The van der Waals surface area contributed by atoms with Crippen molar-refractivity contribution in [2.75, 3.05) is 26.2 Å². The van der Waals surface area contributed by atoms with E-state index in [0.717, 1.165) is 12.1 Å². The van der Waals surface area contributed by atoms with Gasteiger partial charge in [-0.3, -0.25) is 14.6 Å². The first-order valence-electron chi connectivity index (χ1n) is 7.86. The van der Waals surface area contributed by atoms with Crippen LogP contribution in [0.4, 0.5) is 8.78 Å². The molecule has 1 saturated heterocycles. The van der Waals surface area contributed by atoms with Gasteiger partial charge in [0, 0.05) is 44.1 Å². The first kappa shape index (κ1) is 16.9. The van der Waals surface area contributed by atoms with E-state index < -0.39 is 11.6 Å². The number of amides is 2. The molecule has 25 heavy (non-hydrogen) atoms. The Bertz CT molecular complexity index is 785. The second-order valence-corrected chi connectivity index (χ2v) is 5.66. The van der Waals surface area contributed by atoms with Crippen LogP contribution in [0.3, 0.4) is 0 Å². The summed E-state index contributed by atoms with van der Waals surface area (Å²) in [4.78, 5) is 35.9. The molecule has 2 aromatic rings. The average Bonchev–Trinajstić information content (AvgIpc) is 2.89. The molecule has 1 aromatic heterocycles. The number of rotatable bonds is 2. The van der Waals surface area contributed by atoms with Crippen molar-refractivity contribution in [3.05, 3.63) is 59.7 Å². The maximum atomic E-state index is 13.3. The number of hydrogen-bond acceptors (Lipinski definition) is 4. The summed E-state index contributed by atoms with van der Waals surface area (Å²) in [5.74, 6) is -2.67. The molecule has 1 fully saturated rings. The van der Waals surface area contributed by atoms with Gasteiger partial charge in [0.1, 0.15) is 5.69 Å². The van der Waals surface area contributed by atoms with E-state index in [0.29, 0.717) is 32.6 Å². The van der Waals surface area contributed by atoms with Gasteiger partial charge >= 0.3 is 0 Å². The van der Waals surface area contributed by atoms with E-state index in [-0.39, 0.29) is 23.1 Å². The summed E-state index contributed by atoms with van der Waals surface area (Å²) in [6.07, 6.45) is 4.92. The molecule has 0 N–H and O–H groups in total. The monoisotopic (exact) mass is 346 g/mol. The highest BCUT2D eigenvalue weighted by Gasteiger charge is 2.24. The Morgan fingerprint density at radius 1 is 0.920 bits per heavy atom. The van der Waals surface area contributed by atoms with Crippen LogP contribution in [0, 0.1) is 11.6 Å². The van der Waals surface area contributed by atoms with E-state index in [2.05, 4.69) is 9.97 Å². The van der Waals surface area contributed by atoms with Gasteiger partial charge in [0.25, 0.3) is 11.8 Å². The van der Waals surface area contributed by atoms with E-state index in [1.54, 1.807) is 4.90 Å². The van der Waals surface area contributed by atoms with Gasteiger partial charge in [-0.1, -0.05) is 0 Å². The lowest BCUT2D eigenvalue weighted by molar-refractivity contribution is 0.0715. The third kappa shape index (κ3) is 3.78. The van der Waals surface area contributed by atoms with Crippen LogP contribution in [0.5, 0.6) is 0 Å². The minimum atomic E-state index is -1.06. The predicted octanol–water partition coefficient (Wildman–Crippen LogP) is 1.74. The molecule has 8 heteroatoms. The maximum Gasteiger partial charge on any atom is 0.274 e. The fraction of sp³-hybridized carbons (Fsp3) is 0.294. The van der Waals surface area contributed by atoms with E-state index in [1.807, 2.05) is 0 Å². The van der Waals surface area contributed by atoms with Crippen molar-refractivity contribution in [1.82, 2.24) is 19.8 Å². The van der Waals surface area contributed by atoms with E-state index in [1.165, 1.54) is 29.6 Å². The molecule has 0 atom stereocenters. The molecule has 0 radical (unpaired) electrons. The molecule has 0 unspecified atom stereocenters. The fourth-order valence-corrected chi connectivity index (χ4v) is 2.71. The minimum absolute atomic E-state index is 0.0904. The molecule has 1 aliphatic rings. The second-order valence-electron chi connectivity index (χ2n) is 5.66. The molecule has 6 nitrogen and oxygen atoms in total. The van der Waals surface area contributed by atoms with Crippen molar-refractivity contribution in [1.29, 1.82) is 0 Å². The number of benzene rings is 1. The molecule has 3 rings (SSSR count). The SMILES string of the molecule is O=C(c1ccc(F)c(F)c1)N1CCCN(C(=O)c2cnccn2)CC1. The topological polar surface area (TPSA) is 66.4 Å². The Morgan fingerprint density at radius 2 is 1.64 bits per heavy atom. The molecule has 0 bridgehead atoms. The summed E-state index contributed by atoms with van der Waals surface area (Å²) in [7, 11) is 0. The smallest absolute Gasteiger partial charge is 0.274 e. The summed E-state index contributed by atoms with van der Waals surface area (Å²) in [5.41, 5.74) is 0.343. The summed E-state index contributed by atoms with van der Waals surface area (Å²) < 4.78 is 26.3. The average molecular weight is 346 g/mol. The highest BCUT2D eigenvalue weighted by Crippen LogP contribution is 2.14. The Kier molecular flexibility index (Phi) is 4.97. The Hall–Kier alpha value is -2.90. The largest absolute Gasteiger partial charge is 0.337 e. The van der Waals surface area contributed by atoms with E-state index in [9.17, 15) is 18.4 Å². The summed E-state index contributed by atoms with van der Waals surface area (Å²) >= 11 is 0. The first-order chi connectivity index (χ1) is 12.1. The molecule has 0 aliphatic carbocycles. The van der Waals surface area contributed by atoms with Crippen LogP contribution >= 0.6 is 0 Å². The Labute approximate surface area is 143 Å². The van der Waals surface area contributed by atoms with Crippen LogP contribution in [-0.4, -0.2) is 57.8 Å². The molecule has 2 heterocycles. The fourth-order valence-electron chi connectivity index (χ4n) is 2.71. The third-order valence-corrected chi connectivity index (χ3v) is 4.02. The van der Waals surface area contributed by atoms with Gasteiger partial charge in [-0.05, 0) is 24.6 Å². The Balaban J connectivity index is 1.68. The van der Waals surface area contributed by atoms with Crippen LogP contribution in [-0.2, 0) is 0 Å². The lowest BCUT2D eigenvalue weighted by Crippen LogP contribution is -2.37. The summed E-state index contributed by atoms with van der Waals surface area (Å²) in [5, 5.41) is 0. The number of hydrogen-bond donors (Lipinski definition) is 0. The molecule has 0 saturated carbocycles. The molecule has 130 valence electrons. The van der Waals surface area contributed by atoms with Crippen LogP contribution in [0.15, 0.2) is 36.8 Å². The number of halogens is 2. The Morgan fingerprint density at radius 3 is 2.28 bits per heavy atom. The van der Waals surface area contributed by atoms with E-state index in [4.69, 9.17) is 0 Å². The number of carbonyl (C=O) groups is 2. The van der Waals surface area contributed by atoms with Gasteiger partial charge < -0.3 is 9.80 Å². The van der Waals surface area contributed by atoms with Gasteiger partial charge in [0.2, 0.25) is 0 Å². The molecular formula is C17H16F2N4O2. The zero-order valence-corrected chi connectivity index (χ0v) is 13.4. The molecule has 2 amide bonds. The van der Waals surface area contributed by atoms with Gasteiger partial charge in [0.05, 0.1) is 6.20 Å². The molecule has 0 spiro atoms. The van der Waals surface area contributed by atoms with Crippen molar-refractivity contribution in [3.8, 4) is 0 Å². The maximum absolute atomic E-state index is 13.3. The second kappa shape index (κ2) is 7.33. The van der Waals surface area contributed by atoms with Crippen molar-refractivity contribution >= 4 is 11.8 Å². The highest BCUT2D eigenvalue weighted by molar-refractivity contribution is 5.94. The first-order valence-corrected chi connectivity index (χ1v) is 7.86. The zero-order valence-electron chi connectivity index (χ0n) is 13.4. The molecular weight excluding hydrogens is 330 g/mol.